The van der Waals surface area contributed by atoms with Crippen LogP contribution in [-0.4, -0.2) is 48.8 Å². The number of sulfonamides is 1. The molecular weight excluding hydrogens is 529 g/mol. The zero-order chi connectivity index (χ0) is 28.0. The number of aromatic nitrogens is 1. The number of nitrogens with one attached hydrogen (secondary N) is 1. The summed E-state index contributed by atoms with van der Waals surface area (Å²) < 4.78 is 85.8. The van der Waals surface area contributed by atoms with Crippen LogP contribution in [0.1, 0.15) is 15.9 Å². The highest BCUT2D eigenvalue weighted by atomic mass is 32.2. The molecule has 0 spiro atoms. The van der Waals surface area contributed by atoms with Crippen molar-refractivity contribution < 1.29 is 50.2 Å². The van der Waals surface area contributed by atoms with Crippen LogP contribution in [-0.2, 0) is 21.4 Å². The highest BCUT2D eigenvalue weighted by molar-refractivity contribution is 7.92. The summed E-state index contributed by atoms with van der Waals surface area (Å²) in [6.07, 6.45) is -3.97. The van der Waals surface area contributed by atoms with Crippen molar-refractivity contribution in [2.45, 2.75) is 17.6 Å². The van der Waals surface area contributed by atoms with E-state index in [4.69, 9.17) is 9.90 Å². The number of aliphatic carboxylic acids is 1. The third kappa shape index (κ3) is 8.13. The van der Waals surface area contributed by atoms with E-state index in [1.54, 1.807) is 11.9 Å². The molecule has 0 radical (unpaired) electrons. The van der Waals surface area contributed by atoms with Gasteiger partial charge in [-0.25, -0.2) is 31.8 Å². The molecule has 0 aliphatic heterocycles. The number of anilines is 2. The third-order valence-corrected chi connectivity index (χ3v) is 5.80. The first kappa shape index (κ1) is 29.0. The van der Waals surface area contributed by atoms with Crippen molar-refractivity contribution in [2.75, 3.05) is 16.7 Å². The molecular formula is C22H18F5N3O6S. The Morgan fingerprint density at radius 1 is 1.03 bits per heavy atom. The van der Waals surface area contributed by atoms with E-state index in [0.717, 1.165) is 23.9 Å². The monoisotopic (exact) mass is 547 g/mol. The average molecular weight is 547 g/mol. The van der Waals surface area contributed by atoms with Crippen LogP contribution in [0.2, 0.25) is 0 Å². The molecule has 3 rings (SSSR count). The first-order valence-electron chi connectivity index (χ1n) is 9.88. The molecule has 1 heterocycles. The van der Waals surface area contributed by atoms with Gasteiger partial charge in [-0.15, -0.1) is 0 Å². The van der Waals surface area contributed by atoms with Crippen molar-refractivity contribution in [3.05, 3.63) is 83.6 Å². The molecule has 37 heavy (non-hydrogen) atoms. The summed E-state index contributed by atoms with van der Waals surface area (Å²) in [5.41, 5.74) is 0.464. The molecule has 198 valence electrons. The SMILES string of the molecule is CN(Cc1ccccc1)c1ncc(NS(=O)(=O)c2cc(F)ccc2F)cc1C(=O)O.O=C(O)C(F)(F)F. The van der Waals surface area contributed by atoms with Gasteiger partial charge in [0.05, 0.1) is 11.9 Å². The second kappa shape index (κ2) is 11.6. The minimum absolute atomic E-state index is 0.117. The zero-order valence-electron chi connectivity index (χ0n) is 18.7. The summed E-state index contributed by atoms with van der Waals surface area (Å²) in [4.78, 5) is 25.4. The molecule has 0 aliphatic rings. The Labute approximate surface area is 206 Å². The van der Waals surface area contributed by atoms with Gasteiger partial charge in [0, 0.05) is 13.6 Å². The lowest BCUT2D eigenvalue weighted by Crippen LogP contribution is -2.22. The Kier molecular flexibility index (Phi) is 9.11. The molecule has 0 unspecified atom stereocenters. The highest BCUT2D eigenvalue weighted by Crippen LogP contribution is 2.25. The van der Waals surface area contributed by atoms with Crippen molar-refractivity contribution in [2.24, 2.45) is 0 Å². The zero-order valence-corrected chi connectivity index (χ0v) is 19.5. The molecule has 2 aromatic carbocycles. The Balaban J connectivity index is 0.000000604. The van der Waals surface area contributed by atoms with E-state index in [9.17, 15) is 40.3 Å². The van der Waals surface area contributed by atoms with Crippen LogP contribution in [0.4, 0.5) is 33.5 Å². The Morgan fingerprint density at radius 2 is 1.62 bits per heavy atom. The fourth-order valence-corrected chi connectivity index (χ4v) is 3.92. The smallest absolute Gasteiger partial charge is 0.478 e. The first-order valence-corrected chi connectivity index (χ1v) is 11.4. The maximum absolute atomic E-state index is 13.9. The summed E-state index contributed by atoms with van der Waals surface area (Å²) >= 11 is 0. The summed E-state index contributed by atoms with van der Waals surface area (Å²) in [6.45, 7) is 0.369. The van der Waals surface area contributed by atoms with Crippen LogP contribution in [0, 0.1) is 11.6 Å². The van der Waals surface area contributed by atoms with E-state index in [0.29, 0.717) is 18.7 Å². The number of benzene rings is 2. The van der Waals surface area contributed by atoms with Gasteiger partial charge in [-0.2, -0.15) is 13.2 Å². The van der Waals surface area contributed by atoms with E-state index < -0.39 is 44.7 Å². The number of rotatable bonds is 7. The number of carboxylic acids is 2. The average Bonchev–Trinajstić information content (AvgIpc) is 2.80. The van der Waals surface area contributed by atoms with E-state index in [1.807, 2.05) is 35.1 Å². The summed E-state index contributed by atoms with van der Waals surface area (Å²) in [5.74, 6) is -6.04. The molecule has 0 saturated carbocycles. The molecule has 0 bridgehead atoms. The molecule has 3 N–H and O–H groups in total. The summed E-state index contributed by atoms with van der Waals surface area (Å²) in [6, 6.07) is 12.4. The van der Waals surface area contributed by atoms with Gasteiger partial charge >= 0.3 is 18.1 Å². The minimum Gasteiger partial charge on any atom is -0.478 e. The van der Waals surface area contributed by atoms with Gasteiger partial charge in [0.25, 0.3) is 10.0 Å². The van der Waals surface area contributed by atoms with Crippen LogP contribution in [0.15, 0.2) is 65.7 Å². The van der Waals surface area contributed by atoms with E-state index >= 15 is 0 Å². The van der Waals surface area contributed by atoms with Crippen molar-refractivity contribution in [3.8, 4) is 0 Å². The van der Waals surface area contributed by atoms with Crippen LogP contribution in [0.5, 0.6) is 0 Å². The van der Waals surface area contributed by atoms with Gasteiger partial charge in [0.15, 0.2) is 0 Å². The standard InChI is InChI=1S/C20H17F2N3O4S.C2HF3O2/c1-25(12-13-5-3-2-4-6-13)19-16(20(26)27)10-15(11-23-19)24-30(28,29)18-9-14(21)7-8-17(18)22;3-2(4,5)1(6)7/h2-11,24H,12H2,1H3,(H,26,27);(H,6,7). The topological polar surface area (TPSA) is 137 Å². The number of halogens is 5. The third-order valence-electron chi connectivity index (χ3n) is 4.40. The van der Waals surface area contributed by atoms with Crippen LogP contribution < -0.4 is 9.62 Å². The largest absolute Gasteiger partial charge is 0.490 e. The Morgan fingerprint density at radius 3 is 2.16 bits per heavy atom. The van der Waals surface area contributed by atoms with Crippen LogP contribution >= 0.6 is 0 Å². The molecule has 0 aliphatic carbocycles. The molecule has 3 aromatic rings. The predicted octanol–water partition coefficient (Wildman–Crippen LogP) is 4.13. The second-order valence-electron chi connectivity index (χ2n) is 7.23. The maximum atomic E-state index is 13.9. The predicted molar refractivity (Wildman–Crippen MR) is 121 cm³/mol. The van der Waals surface area contributed by atoms with Gasteiger partial charge in [0.1, 0.15) is 27.9 Å². The number of hydrogen-bond acceptors (Lipinski definition) is 6. The number of carboxylic acid groups (broad SMARTS) is 2. The van der Waals surface area contributed by atoms with Crippen molar-refractivity contribution in [1.82, 2.24) is 4.98 Å². The second-order valence-corrected chi connectivity index (χ2v) is 8.88. The van der Waals surface area contributed by atoms with Gasteiger partial charge in [-0.3, -0.25) is 4.72 Å². The molecule has 15 heteroatoms. The summed E-state index contributed by atoms with van der Waals surface area (Å²) in [7, 11) is -2.86. The van der Waals surface area contributed by atoms with Gasteiger partial charge in [-0.05, 0) is 29.8 Å². The molecule has 9 nitrogen and oxygen atoms in total. The first-order chi connectivity index (χ1) is 17.1. The van der Waals surface area contributed by atoms with Crippen LogP contribution in [0.25, 0.3) is 0 Å². The quantitative estimate of drug-likeness (QED) is 0.376. The fraction of sp³-hybridized carbons (Fsp3) is 0.136. The van der Waals surface area contributed by atoms with Gasteiger partial charge in [0.2, 0.25) is 0 Å². The molecule has 0 saturated heterocycles. The molecule has 1 aromatic heterocycles. The number of alkyl halides is 3. The minimum atomic E-state index is -5.08. The van der Waals surface area contributed by atoms with Gasteiger partial charge in [-0.1, -0.05) is 30.3 Å². The Hall–Kier alpha value is -4.27. The maximum Gasteiger partial charge on any atom is 0.490 e. The fourth-order valence-electron chi connectivity index (χ4n) is 2.80. The lowest BCUT2D eigenvalue weighted by Gasteiger charge is -2.21. The Bertz CT molecular complexity index is 1390. The van der Waals surface area contributed by atoms with Gasteiger partial charge < -0.3 is 15.1 Å². The molecule has 0 amide bonds. The highest BCUT2D eigenvalue weighted by Gasteiger charge is 2.38. The lowest BCUT2D eigenvalue weighted by atomic mass is 10.2. The van der Waals surface area contributed by atoms with Crippen molar-refractivity contribution in [1.29, 1.82) is 0 Å². The van der Waals surface area contributed by atoms with E-state index in [1.165, 1.54) is 0 Å². The van der Waals surface area contributed by atoms with E-state index in [2.05, 4.69) is 4.98 Å². The number of carbonyl (C=O) groups is 2. The van der Waals surface area contributed by atoms with Crippen molar-refractivity contribution >= 4 is 33.5 Å². The number of aromatic carboxylic acids is 1. The summed E-state index contributed by atoms with van der Waals surface area (Å²) in [5, 5.41) is 16.7. The number of pyridine rings is 1. The lowest BCUT2D eigenvalue weighted by molar-refractivity contribution is -0.192. The van der Waals surface area contributed by atoms with Crippen molar-refractivity contribution in [3.63, 3.8) is 0 Å². The number of hydrogen-bond donors (Lipinski definition) is 3. The van der Waals surface area contributed by atoms with E-state index in [-0.39, 0.29) is 17.1 Å². The van der Waals surface area contributed by atoms with Crippen LogP contribution in [0.3, 0.4) is 0 Å². The number of nitrogens with zero attached hydrogens (tertiary/aromatic N) is 2. The normalized spacial score (nSPS) is 11.2. The molecule has 0 atom stereocenters. The molecule has 0 fully saturated rings.